The first kappa shape index (κ1) is 34.0. The van der Waals surface area contributed by atoms with Gasteiger partial charge in [0.05, 0.1) is 13.7 Å². The van der Waals surface area contributed by atoms with E-state index in [1.54, 1.807) is 39.0 Å². The van der Waals surface area contributed by atoms with E-state index in [1.165, 1.54) is 23.0 Å². The van der Waals surface area contributed by atoms with Crippen LogP contribution in [-0.2, 0) is 14.3 Å². The van der Waals surface area contributed by atoms with Gasteiger partial charge in [0, 0.05) is 11.6 Å². The number of rotatable bonds is 11. The van der Waals surface area contributed by atoms with Gasteiger partial charge in [-0.15, -0.1) is 0 Å². The summed E-state index contributed by atoms with van der Waals surface area (Å²) >= 11 is 4.24. The van der Waals surface area contributed by atoms with Crippen LogP contribution < -0.4 is 25.4 Å². The average Bonchev–Trinajstić information content (AvgIpc) is 3.01. The summed E-state index contributed by atoms with van der Waals surface area (Å²) in [6, 6.07) is 37.2. The van der Waals surface area contributed by atoms with Crippen LogP contribution in [0.1, 0.15) is 31.1 Å². The minimum atomic E-state index is -2.56. The summed E-state index contributed by atoms with van der Waals surface area (Å²) in [5.74, 6) is 0.619. The van der Waals surface area contributed by atoms with Crippen LogP contribution in [0.3, 0.4) is 0 Å². The molecule has 6 nitrogen and oxygen atoms in total. The molecule has 0 fully saturated rings. The summed E-state index contributed by atoms with van der Waals surface area (Å²) < 4.78 is 20.8. The Morgan fingerprint density at radius 3 is 1.65 bits per heavy atom. The summed E-state index contributed by atoms with van der Waals surface area (Å²) in [7, 11) is 1.51. The molecule has 0 bridgehead atoms. The number of hydrogen-bond acceptors (Lipinski definition) is 6. The first-order valence-electron chi connectivity index (χ1n) is 13.9. The fourth-order valence-corrected chi connectivity index (χ4v) is 10.1. The molecule has 8 heteroatoms. The molecule has 228 valence electrons. The number of hydrogen-bond donors (Lipinski definition) is 0. The molecule has 0 saturated carbocycles. The van der Waals surface area contributed by atoms with E-state index in [2.05, 4.69) is 113 Å². The van der Waals surface area contributed by atoms with Gasteiger partial charge in [-0.1, -0.05) is 0 Å². The molecule has 0 saturated heterocycles. The second kappa shape index (κ2) is 15.3. The van der Waals surface area contributed by atoms with E-state index in [0.717, 1.165) is 0 Å². The number of benzene rings is 4. The number of aldehydes is 1. The van der Waals surface area contributed by atoms with Crippen molar-refractivity contribution in [1.82, 2.24) is 0 Å². The fraction of sp³-hybridized carbons (Fsp3) is 0.257. The molecule has 4 aromatic carbocycles. The van der Waals surface area contributed by atoms with E-state index < -0.39 is 16.9 Å². The van der Waals surface area contributed by atoms with Crippen LogP contribution in [0.15, 0.2) is 109 Å². The zero-order valence-corrected chi connectivity index (χ0v) is 27.8. The second-order valence-electron chi connectivity index (χ2n) is 11.0. The molecule has 0 unspecified atom stereocenters. The molecule has 0 radical (unpaired) electrons. The third kappa shape index (κ3) is 9.49. The van der Waals surface area contributed by atoms with Gasteiger partial charge in [0.1, 0.15) is 36.6 Å². The third-order valence-corrected chi connectivity index (χ3v) is 14.8. The SMILES string of the molecule is COc1cc(C=O)cc(OCCOCC(=O)OC(C)(C)C)c1.CP(Br)(c1ccccc1)(c1ccccc1)c1ccccc1. The number of esters is 1. The molecule has 4 rings (SSSR count). The van der Waals surface area contributed by atoms with Gasteiger partial charge in [-0.3, -0.25) is 4.79 Å². The Balaban J connectivity index is 0.000000235. The molecular formula is C35H40BrO6P. The van der Waals surface area contributed by atoms with Crippen molar-refractivity contribution in [3.63, 3.8) is 0 Å². The summed E-state index contributed by atoms with van der Waals surface area (Å²) in [6.45, 7) is 8.09. The van der Waals surface area contributed by atoms with Crippen LogP contribution in [-0.4, -0.2) is 51.5 Å². The molecule has 0 aliphatic heterocycles. The standard InChI is InChI=1S/C19H18BrP.C16H22O6/c1-21(20,17-11-5-2-6-12-17,18-13-7-3-8-14-18)19-15-9-4-10-16-19;1-16(2,3)22-15(18)11-20-5-6-21-14-8-12(10-17)7-13(9-14)19-4/h2-16H,1H3;7-10H,5-6,11H2,1-4H3. The number of methoxy groups -OCH3 is 1. The van der Waals surface area contributed by atoms with Crippen molar-refractivity contribution in [3.8, 4) is 11.5 Å². The van der Waals surface area contributed by atoms with E-state index >= 15 is 0 Å². The Morgan fingerprint density at radius 2 is 1.23 bits per heavy atom. The van der Waals surface area contributed by atoms with Crippen LogP contribution in [0, 0.1) is 0 Å². The predicted molar refractivity (Wildman–Crippen MR) is 181 cm³/mol. The van der Waals surface area contributed by atoms with Gasteiger partial charge in [-0.05, 0) is 32.9 Å². The molecule has 4 aromatic rings. The molecule has 0 spiro atoms. The van der Waals surface area contributed by atoms with Gasteiger partial charge in [-0.2, -0.15) is 0 Å². The molecule has 43 heavy (non-hydrogen) atoms. The van der Waals surface area contributed by atoms with Gasteiger partial charge < -0.3 is 18.9 Å². The number of ether oxygens (including phenoxy) is 4. The molecule has 0 aliphatic carbocycles. The zero-order chi connectivity index (χ0) is 31.4. The second-order valence-corrected chi connectivity index (χ2v) is 20.7. The quantitative estimate of drug-likeness (QED) is 0.0768. The van der Waals surface area contributed by atoms with Crippen molar-refractivity contribution in [2.45, 2.75) is 26.4 Å². The van der Waals surface area contributed by atoms with E-state index in [-0.39, 0.29) is 19.8 Å². The van der Waals surface area contributed by atoms with Crippen LogP contribution in [0.5, 0.6) is 11.5 Å². The number of halogens is 1. The van der Waals surface area contributed by atoms with Gasteiger partial charge in [0.2, 0.25) is 0 Å². The maximum absolute atomic E-state index is 11.4. The average molecular weight is 668 g/mol. The van der Waals surface area contributed by atoms with Crippen LogP contribution in [0.4, 0.5) is 0 Å². The topological polar surface area (TPSA) is 71.1 Å². The Labute approximate surface area is 263 Å². The van der Waals surface area contributed by atoms with E-state index in [4.69, 9.17) is 18.9 Å². The zero-order valence-electron chi connectivity index (χ0n) is 25.4. The van der Waals surface area contributed by atoms with Crippen LogP contribution in [0.25, 0.3) is 0 Å². The molecule has 0 N–H and O–H groups in total. The molecular weight excluding hydrogens is 627 g/mol. The van der Waals surface area contributed by atoms with Crippen molar-refractivity contribution >= 4 is 49.0 Å². The minimum absolute atomic E-state index is 0.127. The molecule has 0 heterocycles. The van der Waals surface area contributed by atoms with Crippen molar-refractivity contribution in [3.05, 3.63) is 115 Å². The first-order chi connectivity index (χ1) is 20.5. The van der Waals surface area contributed by atoms with Gasteiger partial charge in [-0.25, -0.2) is 4.79 Å². The van der Waals surface area contributed by atoms with Gasteiger partial charge in [0.15, 0.2) is 0 Å². The first-order valence-corrected chi connectivity index (χ1v) is 18.6. The van der Waals surface area contributed by atoms with Crippen LogP contribution >= 0.6 is 20.8 Å². The van der Waals surface area contributed by atoms with Gasteiger partial charge >= 0.3 is 140 Å². The maximum atomic E-state index is 11.4. The normalized spacial score (nSPS) is 12.1. The Bertz CT molecular complexity index is 1350. The predicted octanol–water partition coefficient (Wildman–Crippen LogP) is 6.70. The van der Waals surface area contributed by atoms with Crippen molar-refractivity contribution in [2.24, 2.45) is 0 Å². The third-order valence-electron chi connectivity index (χ3n) is 6.52. The van der Waals surface area contributed by atoms with E-state index in [1.807, 2.05) is 0 Å². The van der Waals surface area contributed by atoms with Crippen molar-refractivity contribution in [1.29, 1.82) is 0 Å². The van der Waals surface area contributed by atoms with E-state index in [9.17, 15) is 9.59 Å². The Hall–Kier alpha value is -3.51. The summed E-state index contributed by atoms with van der Waals surface area (Å²) in [5.41, 5.74) is -0.0630. The molecule has 0 aliphatic rings. The summed E-state index contributed by atoms with van der Waals surface area (Å²) in [5, 5.41) is 1.48. The monoisotopic (exact) mass is 666 g/mol. The number of carbonyl (C=O) groups excluding carboxylic acids is 2. The van der Waals surface area contributed by atoms with E-state index in [0.29, 0.717) is 23.3 Å². The Morgan fingerprint density at radius 1 is 0.767 bits per heavy atom. The Kier molecular flexibility index (Phi) is 12.1. The van der Waals surface area contributed by atoms with Crippen LogP contribution in [0.2, 0.25) is 0 Å². The molecule has 0 amide bonds. The summed E-state index contributed by atoms with van der Waals surface area (Å²) in [4.78, 5) is 22.2. The van der Waals surface area contributed by atoms with Crippen molar-refractivity contribution in [2.75, 3.05) is 33.6 Å². The number of carbonyl (C=O) groups is 2. The van der Waals surface area contributed by atoms with Gasteiger partial charge in [0.25, 0.3) is 0 Å². The molecule has 0 atom stereocenters. The fourth-order valence-electron chi connectivity index (χ4n) is 4.40. The summed E-state index contributed by atoms with van der Waals surface area (Å²) in [6.07, 6.45) is 0.717. The van der Waals surface area contributed by atoms with Crippen molar-refractivity contribution < 1.29 is 28.5 Å². The molecule has 0 aromatic heterocycles.